The van der Waals surface area contributed by atoms with Gasteiger partial charge in [-0.1, -0.05) is 25.1 Å². The first kappa shape index (κ1) is 21.9. The molecule has 0 amide bonds. The minimum absolute atomic E-state index is 0. The molecule has 0 aliphatic heterocycles. The van der Waals surface area contributed by atoms with Crippen molar-refractivity contribution in [3.63, 3.8) is 0 Å². The summed E-state index contributed by atoms with van der Waals surface area (Å²) in [6, 6.07) is 11.9. The summed E-state index contributed by atoms with van der Waals surface area (Å²) in [4.78, 5) is 7.84. The first-order valence-corrected chi connectivity index (χ1v) is 9.03. The second-order valence-electron chi connectivity index (χ2n) is 6.22. The maximum absolute atomic E-state index is 6.05. The van der Waals surface area contributed by atoms with Gasteiger partial charge in [0.2, 0.25) is 0 Å². The van der Waals surface area contributed by atoms with E-state index in [2.05, 4.69) is 46.6 Å². The third-order valence-corrected chi connectivity index (χ3v) is 4.60. The van der Waals surface area contributed by atoms with Crippen LogP contribution in [0.1, 0.15) is 18.1 Å². The quantitative estimate of drug-likeness (QED) is 0.259. The average molecular weight is 494 g/mol. The standard InChI is InChI=1S/C21H26N4O2.HI/c1-4-14-6-5-7-17-15(13-24-20(14)17)10-11-23-21(22)25-18-12-16(26-2)8-9-19(18)27-3;/h5-9,12-13,24H,4,10-11H2,1-3H3,(H3,22,23,25);1H. The number of aromatic nitrogens is 1. The van der Waals surface area contributed by atoms with E-state index in [-0.39, 0.29) is 24.0 Å². The summed E-state index contributed by atoms with van der Waals surface area (Å²) in [6.07, 6.45) is 3.88. The van der Waals surface area contributed by atoms with Gasteiger partial charge in [0, 0.05) is 29.7 Å². The van der Waals surface area contributed by atoms with Crippen LogP contribution >= 0.6 is 24.0 Å². The second-order valence-corrected chi connectivity index (χ2v) is 6.22. The van der Waals surface area contributed by atoms with Gasteiger partial charge in [0.05, 0.1) is 19.9 Å². The van der Waals surface area contributed by atoms with Crippen LogP contribution in [-0.4, -0.2) is 31.7 Å². The fourth-order valence-corrected chi connectivity index (χ4v) is 3.16. The van der Waals surface area contributed by atoms with Crippen molar-refractivity contribution in [1.29, 1.82) is 0 Å². The molecule has 4 N–H and O–H groups in total. The molecule has 0 aliphatic carbocycles. The Bertz CT molecular complexity index is 953. The lowest BCUT2D eigenvalue weighted by Crippen LogP contribution is -2.23. The molecule has 0 aliphatic rings. The van der Waals surface area contributed by atoms with Gasteiger partial charge in [0.1, 0.15) is 11.5 Å². The molecule has 0 bridgehead atoms. The van der Waals surface area contributed by atoms with Gasteiger partial charge >= 0.3 is 0 Å². The monoisotopic (exact) mass is 494 g/mol. The zero-order valence-electron chi connectivity index (χ0n) is 16.4. The number of guanidine groups is 1. The fraction of sp³-hybridized carbons (Fsp3) is 0.286. The Labute approximate surface area is 182 Å². The highest BCUT2D eigenvalue weighted by molar-refractivity contribution is 14.0. The highest BCUT2D eigenvalue weighted by Crippen LogP contribution is 2.28. The Balaban J connectivity index is 0.00000280. The molecular formula is C21H27IN4O2. The molecule has 3 rings (SSSR count). The van der Waals surface area contributed by atoms with E-state index in [1.54, 1.807) is 14.2 Å². The Morgan fingerprint density at radius 3 is 2.68 bits per heavy atom. The number of para-hydroxylation sites is 1. The van der Waals surface area contributed by atoms with Crippen molar-refractivity contribution in [1.82, 2.24) is 4.98 Å². The average Bonchev–Trinajstić information content (AvgIpc) is 3.11. The lowest BCUT2D eigenvalue weighted by molar-refractivity contribution is 0.405. The number of hydrogen-bond acceptors (Lipinski definition) is 3. The minimum Gasteiger partial charge on any atom is -0.497 e. The number of fused-ring (bicyclic) bond motifs is 1. The van der Waals surface area contributed by atoms with Gasteiger partial charge in [-0.25, -0.2) is 0 Å². The molecule has 150 valence electrons. The van der Waals surface area contributed by atoms with Crippen molar-refractivity contribution < 1.29 is 9.47 Å². The summed E-state index contributed by atoms with van der Waals surface area (Å²) < 4.78 is 10.6. The van der Waals surface area contributed by atoms with Crippen LogP contribution in [-0.2, 0) is 12.8 Å². The molecule has 0 saturated heterocycles. The minimum atomic E-state index is 0. The van der Waals surface area contributed by atoms with E-state index in [4.69, 9.17) is 15.2 Å². The lowest BCUT2D eigenvalue weighted by Gasteiger charge is -2.12. The zero-order chi connectivity index (χ0) is 19.2. The molecular weight excluding hydrogens is 467 g/mol. The summed E-state index contributed by atoms with van der Waals surface area (Å²) in [5, 5.41) is 4.34. The predicted octanol–water partition coefficient (Wildman–Crippen LogP) is 4.33. The number of aryl methyl sites for hydroxylation is 1. The number of halogens is 1. The van der Waals surface area contributed by atoms with Crippen molar-refractivity contribution in [3.8, 4) is 11.5 Å². The number of methoxy groups -OCH3 is 2. The van der Waals surface area contributed by atoms with Crippen molar-refractivity contribution >= 4 is 46.5 Å². The number of anilines is 1. The summed E-state index contributed by atoms with van der Waals surface area (Å²) in [5.74, 6) is 1.74. The van der Waals surface area contributed by atoms with E-state index in [1.807, 2.05) is 18.2 Å². The van der Waals surface area contributed by atoms with Crippen LogP contribution in [0.25, 0.3) is 10.9 Å². The second kappa shape index (κ2) is 10.2. The molecule has 1 heterocycles. The summed E-state index contributed by atoms with van der Waals surface area (Å²) in [5.41, 5.74) is 10.6. The van der Waals surface area contributed by atoms with Crippen molar-refractivity contribution in [2.45, 2.75) is 19.8 Å². The van der Waals surface area contributed by atoms with Crippen LogP contribution in [0.3, 0.4) is 0 Å². The number of aliphatic imine (C=N–C) groups is 1. The van der Waals surface area contributed by atoms with E-state index >= 15 is 0 Å². The maximum atomic E-state index is 6.05. The van der Waals surface area contributed by atoms with Gasteiger partial charge in [-0.15, -0.1) is 24.0 Å². The Morgan fingerprint density at radius 1 is 1.14 bits per heavy atom. The van der Waals surface area contributed by atoms with Crippen LogP contribution in [0.15, 0.2) is 47.6 Å². The molecule has 2 aromatic carbocycles. The Morgan fingerprint density at radius 2 is 1.96 bits per heavy atom. The molecule has 0 saturated carbocycles. The lowest BCUT2D eigenvalue weighted by atomic mass is 10.1. The van der Waals surface area contributed by atoms with Crippen LogP contribution in [0.4, 0.5) is 5.69 Å². The number of ether oxygens (including phenoxy) is 2. The Kier molecular flexibility index (Phi) is 7.98. The van der Waals surface area contributed by atoms with Gasteiger partial charge in [0.25, 0.3) is 0 Å². The number of aromatic amines is 1. The van der Waals surface area contributed by atoms with Gasteiger partial charge in [-0.3, -0.25) is 4.99 Å². The number of nitrogens with zero attached hydrogens (tertiary/aromatic N) is 1. The number of nitrogens with two attached hydrogens (primary N) is 1. The molecule has 3 aromatic rings. The van der Waals surface area contributed by atoms with Gasteiger partial charge < -0.3 is 25.5 Å². The van der Waals surface area contributed by atoms with Crippen molar-refractivity contribution in [2.75, 3.05) is 26.1 Å². The van der Waals surface area contributed by atoms with Crippen molar-refractivity contribution in [3.05, 3.63) is 53.7 Å². The Hall–Kier alpha value is -2.42. The molecule has 6 nitrogen and oxygen atoms in total. The highest BCUT2D eigenvalue weighted by Gasteiger charge is 2.08. The summed E-state index contributed by atoms with van der Waals surface area (Å²) in [6.45, 7) is 2.76. The molecule has 0 spiro atoms. The first-order valence-electron chi connectivity index (χ1n) is 9.03. The molecule has 0 atom stereocenters. The van der Waals surface area contributed by atoms with Gasteiger partial charge in [-0.05, 0) is 36.1 Å². The topological polar surface area (TPSA) is 84.7 Å². The van der Waals surface area contributed by atoms with Crippen LogP contribution < -0.4 is 20.5 Å². The number of benzene rings is 2. The number of H-pyrrole nitrogens is 1. The number of nitrogens with one attached hydrogen (secondary N) is 2. The molecule has 0 radical (unpaired) electrons. The molecule has 28 heavy (non-hydrogen) atoms. The smallest absolute Gasteiger partial charge is 0.193 e. The van der Waals surface area contributed by atoms with E-state index in [1.165, 1.54) is 22.0 Å². The number of rotatable bonds is 7. The third-order valence-electron chi connectivity index (χ3n) is 4.60. The fourth-order valence-electron chi connectivity index (χ4n) is 3.16. The van der Waals surface area contributed by atoms with Crippen LogP contribution in [0, 0.1) is 0 Å². The molecule has 0 unspecified atom stereocenters. The largest absolute Gasteiger partial charge is 0.497 e. The highest BCUT2D eigenvalue weighted by atomic mass is 127. The zero-order valence-corrected chi connectivity index (χ0v) is 18.7. The number of hydrogen-bond donors (Lipinski definition) is 3. The molecule has 7 heteroatoms. The normalized spacial score (nSPS) is 11.2. The van der Waals surface area contributed by atoms with E-state index < -0.39 is 0 Å². The van der Waals surface area contributed by atoms with E-state index in [9.17, 15) is 0 Å². The summed E-state index contributed by atoms with van der Waals surface area (Å²) >= 11 is 0. The van der Waals surface area contributed by atoms with E-state index in [0.29, 0.717) is 18.3 Å². The van der Waals surface area contributed by atoms with Gasteiger partial charge in [-0.2, -0.15) is 0 Å². The van der Waals surface area contributed by atoms with Gasteiger partial charge in [0.15, 0.2) is 5.96 Å². The summed E-state index contributed by atoms with van der Waals surface area (Å²) in [7, 11) is 3.23. The SMILES string of the molecule is CCc1cccc2c(CCN=C(N)Nc3cc(OC)ccc3OC)c[nH]c12.I. The maximum Gasteiger partial charge on any atom is 0.193 e. The van der Waals surface area contributed by atoms with Crippen molar-refractivity contribution in [2.24, 2.45) is 10.7 Å². The molecule has 1 aromatic heterocycles. The van der Waals surface area contributed by atoms with Crippen LogP contribution in [0.2, 0.25) is 0 Å². The van der Waals surface area contributed by atoms with Crippen LogP contribution in [0.5, 0.6) is 11.5 Å². The first-order chi connectivity index (χ1) is 13.2. The molecule has 0 fully saturated rings. The van der Waals surface area contributed by atoms with E-state index in [0.717, 1.165) is 24.3 Å². The third kappa shape index (κ3) is 4.89. The predicted molar refractivity (Wildman–Crippen MR) is 126 cm³/mol.